The van der Waals surface area contributed by atoms with Crippen LogP contribution >= 0.6 is 11.7 Å². The van der Waals surface area contributed by atoms with Crippen LogP contribution in [0.15, 0.2) is 30.5 Å². The third-order valence-electron chi connectivity index (χ3n) is 2.34. The van der Waals surface area contributed by atoms with Crippen molar-refractivity contribution in [2.24, 2.45) is 5.84 Å². The van der Waals surface area contributed by atoms with E-state index in [1.54, 1.807) is 6.20 Å². The van der Waals surface area contributed by atoms with E-state index in [2.05, 4.69) is 27.2 Å². The first-order chi connectivity index (χ1) is 7.33. The SMILES string of the molecule is Cc1ccccc1C(NN)c1cnsn1. The number of hydrogen-bond donors (Lipinski definition) is 2. The molecule has 15 heavy (non-hydrogen) atoms. The molecule has 3 N–H and O–H groups in total. The topological polar surface area (TPSA) is 63.8 Å². The van der Waals surface area contributed by atoms with Crippen molar-refractivity contribution in [2.75, 3.05) is 0 Å². The molecule has 0 fully saturated rings. The Labute approximate surface area is 92.4 Å². The molecule has 0 aliphatic rings. The summed E-state index contributed by atoms with van der Waals surface area (Å²) in [6, 6.07) is 8.02. The first-order valence-corrected chi connectivity index (χ1v) is 5.35. The van der Waals surface area contributed by atoms with E-state index in [9.17, 15) is 0 Å². The van der Waals surface area contributed by atoms with E-state index in [1.165, 1.54) is 17.3 Å². The maximum atomic E-state index is 5.55. The fourth-order valence-corrected chi connectivity index (χ4v) is 1.99. The van der Waals surface area contributed by atoms with Crippen molar-refractivity contribution in [1.82, 2.24) is 14.2 Å². The van der Waals surface area contributed by atoms with Gasteiger partial charge in [-0.3, -0.25) is 5.84 Å². The van der Waals surface area contributed by atoms with Gasteiger partial charge in [-0.2, -0.15) is 8.75 Å². The maximum absolute atomic E-state index is 5.55. The summed E-state index contributed by atoms with van der Waals surface area (Å²) in [5.41, 5.74) is 5.94. The Bertz CT molecular complexity index is 427. The number of nitrogens with two attached hydrogens (primary N) is 1. The molecule has 1 atom stereocenters. The molecule has 0 amide bonds. The van der Waals surface area contributed by atoms with Crippen LogP contribution in [0, 0.1) is 6.92 Å². The van der Waals surface area contributed by atoms with E-state index < -0.39 is 0 Å². The van der Waals surface area contributed by atoms with Gasteiger partial charge in [0.25, 0.3) is 0 Å². The van der Waals surface area contributed by atoms with Crippen LogP contribution < -0.4 is 11.3 Å². The Balaban J connectivity index is 2.40. The van der Waals surface area contributed by atoms with E-state index in [-0.39, 0.29) is 6.04 Å². The minimum atomic E-state index is -0.0788. The second-order valence-corrected chi connectivity index (χ2v) is 3.85. The fourth-order valence-electron chi connectivity index (χ4n) is 1.54. The first-order valence-electron chi connectivity index (χ1n) is 4.62. The summed E-state index contributed by atoms with van der Waals surface area (Å²) in [5.74, 6) is 5.55. The van der Waals surface area contributed by atoms with Gasteiger partial charge in [0, 0.05) is 0 Å². The summed E-state index contributed by atoms with van der Waals surface area (Å²) < 4.78 is 8.17. The summed E-state index contributed by atoms with van der Waals surface area (Å²) in [7, 11) is 0. The highest BCUT2D eigenvalue weighted by Crippen LogP contribution is 2.22. The van der Waals surface area contributed by atoms with Gasteiger partial charge in [-0.05, 0) is 18.1 Å². The van der Waals surface area contributed by atoms with Crippen molar-refractivity contribution in [3.63, 3.8) is 0 Å². The smallest absolute Gasteiger partial charge is 0.0970 e. The zero-order chi connectivity index (χ0) is 10.7. The lowest BCUT2D eigenvalue weighted by molar-refractivity contribution is 0.622. The molecule has 1 aromatic heterocycles. The molecule has 0 spiro atoms. The number of nitrogens with one attached hydrogen (secondary N) is 1. The molecule has 2 aromatic rings. The third kappa shape index (κ3) is 2.04. The van der Waals surface area contributed by atoms with Gasteiger partial charge in [0.1, 0.15) is 0 Å². The van der Waals surface area contributed by atoms with Crippen LogP contribution in [0.2, 0.25) is 0 Å². The molecular formula is C10H12N4S. The Morgan fingerprint density at radius 2 is 2.20 bits per heavy atom. The quantitative estimate of drug-likeness (QED) is 0.606. The monoisotopic (exact) mass is 220 g/mol. The average molecular weight is 220 g/mol. The van der Waals surface area contributed by atoms with Gasteiger partial charge < -0.3 is 0 Å². The van der Waals surface area contributed by atoms with Crippen LogP contribution in [0.5, 0.6) is 0 Å². The molecule has 0 bridgehead atoms. The zero-order valence-corrected chi connectivity index (χ0v) is 9.16. The Kier molecular flexibility index (Phi) is 3.05. The largest absolute Gasteiger partial charge is 0.271 e. The lowest BCUT2D eigenvalue weighted by Gasteiger charge is -2.15. The van der Waals surface area contributed by atoms with Crippen molar-refractivity contribution < 1.29 is 0 Å². The molecule has 5 heteroatoms. The highest BCUT2D eigenvalue weighted by atomic mass is 32.1. The van der Waals surface area contributed by atoms with Crippen LogP contribution in [0.1, 0.15) is 22.9 Å². The normalized spacial score (nSPS) is 12.7. The standard InChI is InChI=1S/C10H12N4S/c1-7-4-2-3-5-8(7)10(13-11)9-6-12-15-14-9/h2-6,10,13H,11H2,1H3. The van der Waals surface area contributed by atoms with Gasteiger partial charge in [-0.1, -0.05) is 24.3 Å². The average Bonchev–Trinajstić information content (AvgIpc) is 2.75. The van der Waals surface area contributed by atoms with Crippen LogP contribution in [0.25, 0.3) is 0 Å². The molecule has 4 nitrogen and oxygen atoms in total. The number of rotatable bonds is 3. The van der Waals surface area contributed by atoms with E-state index in [1.807, 2.05) is 18.2 Å². The van der Waals surface area contributed by atoms with Crippen LogP contribution in [-0.2, 0) is 0 Å². The Morgan fingerprint density at radius 3 is 2.80 bits per heavy atom. The number of benzene rings is 1. The fraction of sp³-hybridized carbons (Fsp3) is 0.200. The van der Waals surface area contributed by atoms with Crippen molar-refractivity contribution in [3.8, 4) is 0 Å². The minimum absolute atomic E-state index is 0.0788. The number of nitrogens with zero attached hydrogens (tertiary/aromatic N) is 2. The molecule has 78 valence electrons. The van der Waals surface area contributed by atoms with Gasteiger partial charge in [0.15, 0.2) is 0 Å². The third-order valence-corrected chi connectivity index (χ3v) is 2.83. The second kappa shape index (κ2) is 4.48. The van der Waals surface area contributed by atoms with Crippen molar-refractivity contribution in [1.29, 1.82) is 0 Å². The van der Waals surface area contributed by atoms with Crippen LogP contribution in [0.4, 0.5) is 0 Å². The predicted molar refractivity (Wildman–Crippen MR) is 60.3 cm³/mol. The number of hydrazine groups is 1. The Morgan fingerprint density at radius 1 is 1.40 bits per heavy atom. The summed E-state index contributed by atoms with van der Waals surface area (Å²) in [5, 5.41) is 0. The molecule has 0 aliphatic carbocycles. The molecule has 2 rings (SSSR count). The molecule has 1 aromatic carbocycles. The van der Waals surface area contributed by atoms with Gasteiger partial charge in [0.2, 0.25) is 0 Å². The second-order valence-electron chi connectivity index (χ2n) is 3.29. The molecule has 1 heterocycles. The highest BCUT2D eigenvalue weighted by Gasteiger charge is 2.16. The summed E-state index contributed by atoms with van der Waals surface area (Å²) >= 11 is 1.19. The van der Waals surface area contributed by atoms with Crippen molar-refractivity contribution in [2.45, 2.75) is 13.0 Å². The van der Waals surface area contributed by atoms with Gasteiger partial charge >= 0.3 is 0 Å². The van der Waals surface area contributed by atoms with Gasteiger partial charge in [-0.25, -0.2) is 5.43 Å². The molecule has 0 saturated heterocycles. The van der Waals surface area contributed by atoms with Crippen molar-refractivity contribution >= 4 is 11.7 Å². The van der Waals surface area contributed by atoms with Crippen LogP contribution in [-0.4, -0.2) is 8.75 Å². The first kappa shape index (κ1) is 10.2. The minimum Gasteiger partial charge on any atom is -0.271 e. The molecular weight excluding hydrogens is 208 g/mol. The Hall–Kier alpha value is -1.30. The van der Waals surface area contributed by atoms with Crippen LogP contribution in [0.3, 0.4) is 0 Å². The van der Waals surface area contributed by atoms with Gasteiger partial charge in [-0.15, -0.1) is 0 Å². The molecule has 0 aliphatic heterocycles. The van der Waals surface area contributed by atoms with Crippen molar-refractivity contribution in [3.05, 3.63) is 47.3 Å². The lowest BCUT2D eigenvalue weighted by atomic mass is 10.00. The molecule has 0 saturated carbocycles. The lowest BCUT2D eigenvalue weighted by Crippen LogP contribution is -2.29. The molecule has 0 radical (unpaired) electrons. The summed E-state index contributed by atoms with van der Waals surface area (Å²) in [6.07, 6.45) is 1.74. The predicted octanol–water partition coefficient (Wildman–Crippen LogP) is 1.40. The zero-order valence-electron chi connectivity index (χ0n) is 8.34. The molecule has 1 unspecified atom stereocenters. The van der Waals surface area contributed by atoms with E-state index >= 15 is 0 Å². The highest BCUT2D eigenvalue weighted by molar-refractivity contribution is 6.99. The summed E-state index contributed by atoms with van der Waals surface area (Å²) in [6.45, 7) is 2.06. The maximum Gasteiger partial charge on any atom is 0.0970 e. The summed E-state index contributed by atoms with van der Waals surface area (Å²) in [4.78, 5) is 0. The van der Waals surface area contributed by atoms with Gasteiger partial charge in [0.05, 0.1) is 29.7 Å². The van der Waals surface area contributed by atoms with E-state index in [0.29, 0.717) is 0 Å². The number of aryl methyl sites for hydroxylation is 1. The number of aromatic nitrogens is 2. The van der Waals surface area contributed by atoms with E-state index in [0.717, 1.165) is 11.3 Å². The van der Waals surface area contributed by atoms with E-state index in [4.69, 9.17) is 5.84 Å². The number of hydrogen-bond acceptors (Lipinski definition) is 5.